The van der Waals surface area contributed by atoms with Crippen LogP contribution in [0, 0.1) is 23.2 Å². The Labute approximate surface area is 179 Å². The maximum atomic E-state index is 12.5. The molecule has 1 N–H and O–H groups in total. The Morgan fingerprint density at radius 1 is 1.20 bits per heavy atom. The number of hydrogen-bond acceptors (Lipinski definition) is 4. The molecule has 2 aliphatic heterocycles. The number of benzene rings is 1. The summed E-state index contributed by atoms with van der Waals surface area (Å²) in [5.41, 5.74) is 0.734. The number of para-hydroxylation sites is 1. The first-order valence-electron chi connectivity index (χ1n) is 11.8. The van der Waals surface area contributed by atoms with Crippen LogP contribution in [0.1, 0.15) is 71.0 Å². The Hall–Kier alpha value is -1.75. The molecule has 164 valence electrons. The summed E-state index contributed by atoms with van der Waals surface area (Å²) >= 11 is 0. The van der Waals surface area contributed by atoms with Gasteiger partial charge in [-0.3, -0.25) is 0 Å². The van der Waals surface area contributed by atoms with Crippen LogP contribution in [0.5, 0.6) is 5.75 Å². The Morgan fingerprint density at radius 2 is 1.97 bits per heavy atom. The molecule has 6 atom stereocenters. The monoisotopic (exact) mass is 413 g/mol. The lowest BCUT2D eigenvalue weighted by Gasteiger charge is -2.63. The number of rotatable bonds is 3. The third-order valence-electron chi connectivity index (χ3n) is 8.67. The molecule has 0 spiro atoms. The Balaban J connectivity index is 1.34. The van der Waals surface area contributed by atoms with Crippen molar-refractivity contribution in [3.8, 4) is 5.75 Å². The summed E-state index contributed by atoms with van der Waals surface area (Å²) in [6, 6.07) is 8.55. The van der Waals surface area contributed by atoms with Crippen molar-refractivity contribution in [3.63, 3.8) is 0 Å². The molecule has 2 bridgehead atoms. The van der Waals surface area contributed by atoms with Crippen LogP contribution >= 0.6 is 0 Å². The van der Waals surface area contributed by atoms with Gasteiger partial charge < -0.3 is 19.5 Å². The minimum absolute atomic E-state index is 0.0478. The van der Waals surface area contributed by atoms with E-state index in [1.54, 1.807) is 0 Å². The minimum atomic E-state index is -0.267. The first-order chi connectivity index (χ1) is 14.4. The van der Waals surface area contributed by atoms with Crippen LogP contribution in [-0.4, -0.2) is 30.9 Å². The van der Waals surface area contributed by atoms with Gasteiger partial charge in [0, 0.05) is 22.9 Å². The van der Waals surface area contributed by atoms with Gasteiger partial charge in [-0.15, -0.1) is 0 Å². The van der Waals surface area contributed by atoms with Crippen molar-refractivity contribution < 1.29 is 19.0 Å². The summed E-state index contributed by atoms with van der Waals surface area (Å²) in [5, 5.41) is 3.09. The van der Waals surface area contributed by atoms with Gasteiger partial charge in [0.15, 0.2) is 0 Å². The molecule has 0 aromatic heterocycles. The Bertz CT molecular complexity index is 806. The van der Waals surface area contributed by atoms with Gasteiger partial charge in [0.25, 0.3) is 0 Å². The number of alkyl carbamates (subject to hydrolysis) is 1. The molecular formula is C25H35NO4. The van der Waals surface area contributed by atoms with Gasteiger partial charge >= 0.3 is 6.09 Å². The Kier molecular flexibility index (Phi) is 5.00. The van der Waals surface area contributed by atoms with Gasteiger partial charge in [-0.1, -0.05) is 51.3 Å². The molecule has 0 radical (unpaired) electrons. The first kappa shape index (κ1) is 20.2. The number of hydrogen-bond donors (Lipinski definition) is 1. The molecule has 1 aromatic carbocycles. The normalized spacial score (nSPS) is 40.1. The zero-order chi connectivity index (χ0) is 20.9. The van der Waals surface area contributed by atoms with Crippen molar-refractivity contribution in [3.05, 3.63) is 29.8 Å². The molecule has 1 aromatic rings. The van der Waals surface area contributed by atoms with Crippen LogP contribution in [0.3, 0.4) is 0 Å². The molecule has 2 heterocycles. The molecule has 30 heavy (non-hydrogen) atoms. The van der Waals surface area contributed by atoms with Crippen LogP contribution < -0.4 is 10.1 Å². The maximum absolute atomic E-state index is 12.5. The van der Waals surface area contributed by atoms with E-state index in [0.29, 0.717) is 25.0 Å². The second-order valence-corrected chi connectivity index (χ2v) is 10.4. The third kappa shape index (κ3) is 3.12. The maximum Gasteiger partial charge on any atom is 0.407 e. The van der Waals surface area contributed by atoms with Gasteiger partial charge in [0.1, 0.15) is 18.0 Å². The molecule has 1 saturated heterocycles. The van der Waals surface area contributed by atoms with E-state index in [4.69, 9.17) is 14.2 Å². The highest BCUT2D eigenvalue weighted by Crippen LogP contribution is 2.63. The second kappa shape index (κ2) is 7.44. The molecule has 0 unspecified atom stereocenters. The number of fused-ring (bicyclic) bond motifs is 3. The zero-order valence-electron chi connectivity index (χ0n) is 18.5. The second-order valence-electron chi connectivity index (χ2n) is 10.4. The molecule has 5 heteroatoms. The highest BCUT2D eigenvalue weighted by molar-refractivity contribution is 5.67. The van der Waals surface area contributed by atoms with E-state index in [2.05, 4.69) is 44.3 Å². The van der Waals surface area contributed by atoms with Gasteiger partial charge in [-0.25, -0.2) is 4.79 Å². The van der Waals surface area contributed by atoms with E-state index in [1.807, 2.05) is 6.07 Å². The molecule has 4 aliphatic rings. The average Bonchev–Trinajstić information content (AvgIpc) is 2.73. The van der Waals surface area contributed by atoms with Gasteiger partial charge in [-0.2, -0.15) is 0 Å². The first-order valence-corrected chi connectivity index (χ1v) is 11.8. The largest absolute Gasteiger partial charge is 0.487 e. The van der Waals surface area contributed by atoms with Crippen LogP contribution in [0.4, 0.5) is 4.79 Å². The number of ether oxygens (including phenoxy) is 3. The fourth-order valence-corrected chi connectivity index (χ4v) is 6.91. The molecular weight excluding hydrogens is 378 g/mol. The van der Waals surface area contributed by atoms with Gasteiger partial charge in [0.05, 0.1) is 12.7 Å². The Morgan fingerprint density at radius 3 is 2.77 bits per heavy atom. The predicted octanol–water partition coefficient (Wildman–Crippen LogP) is 5.25. The predicted molar refractivity (Wildman–Crippen MR) is 114 cm³/mol. The summed E-state index contributed by atoms with van der Waals surface area (Å²) < 4.78 is 19.0. The van der Waals surface area contributed by atoms with E-state index in [1.165, 1.54) is 19.3 Å². The molecule has 2 saturated carbocycles. The molecule has 5 nitrogen and oxygen atoms in total. The topological polar surface area (TPSA) is 56.8 Å². The number of carbonyl (C=O) groups is 1. The quantitative estimate of drug-likeness (QED) is 0.736. The van der Waals surface area contributed by atoms with Crippen molar-refractivity contribution in [1.29, 1.82) is 0 Å². The lowest BCUT2D eigenvalue weighted by Crippen LogP contribution is -2.66. The summed E-state index contributed by atoms with van der Waals surface area (Å²) in [5.74, 6) is 1.88. The van der Waals surface area contributed by atoms with Crippen LogP contribution in [0.2, 0.25) is 0 Å². The SMILES string of the molecule is C[C@@H]1C[C@@]2(C)Oc3ccccc3[C@H]3OC[C@@]1(COC(=O)NC1CCCCC1)[C@@H](C)[C@H]32. The number of amides is 1. The van der Waals surface area contributed by atoms with Crippen LogP contribution in [0.25, 0.3) is 0 Å². The van der Waals surface area contributed by atoms with Crippen LogP contribution in [0.15, 0.2) is 24.3 Å². The molecule has 1 amide bonds. The number of carbonyl (C=O) groups excluding carboxylic acids is 1. The summed E-state index contributed by atoms with van der Waals surface area (Å²) in [6.45, 7) is 7.86. The molecule has 5 rings (SSSR count). The lowest BCUT2D eigenvalue weighted by molar-refractivity contribution is -0.259. The lowest BCUT2D eigenvalue weighted by atomic mass is 9.50. The zero-order valence-corrected chi connectivity index (χ0v) is 18.5. The van der Waals surface area contributed by atoms with E-state index < -0.39 is 0 Å². The van der Waals surface area contributed by atoms with Crippen molar-refractivity contribution in [2.45, 2.75) is 77.0 Å². The molecule has 2 aliphatic carbocycles. The smallest absolute Gasteiger partial charge is 0.407 e. The number of nitrogens with one attached hydrogen (secondary N) is 1. The molecule has 3 fully saturated rings. The van der Waals surface area contributed by atoms with Gasteiger partial charge in [0.2, 0.25) is 0 Å². The highest BCUT2D eigenvalue weighted by atomic mass is 16.6. The summed E-state index contributed by atoms with van der Waals surface area (Å²) in [6.07, 6.45) is 6.52. The average molecular weight is 414 g/mol. The van der Waals surface area contributed by atoms with E-state index in [9.17, 15) is 4.79 Å². The van der Waals surface area contributed by atoms with Crippen molar-refractivity contribution >= 4 is 6.09 Å². The van der Waals surface area contributed by atoms with Crippen LogP contribution in [-0.2, 0) is 9.47 Å². The van der Waals surface area contributed by atoms with E-state index in [0.717, 1.165) is 30.6 Å². The van der Waals surface area contributed by atoms with Crippen molar-refractivity contribution in [2.24, 2.45) is 23.2 Å². The summed E-state index contributed by atoms with van der Waals surface area (Å²) in [4.78, 5) is 12.5. The minimum Gasteiger partial charge on any atom is -0.487 e. The van der Waals surface area contributed by atoms with Gasteiger partial charge in [-0.05, 0) is 44.1 Å². The summed E-state index contributed by atoms with van der Waals surface area (Å²) in [7, 11) is 0. The standard InChI is InChI=1S/C25H35NO4/c1-16-13-24(3)21-17(2)25(16,15-29-23(27)26-18-9-5-4-6-10-18)14-28-22(21)19-11-7-8-12-20(19)30-24/h7-8,11-12,16-18,21-22H,4-6,9-10,13-15H2,1-3H3,(H,26,27)/t16-,17+,21-,22-,24-,25+/m1/s1. The fourth-order valence-electron chi connectivity index (χ4n) is 6.91. The van der Waals surface area contributed by atoms with E-state index in [-0.39, 0.29) is 35.2 Å². The third-order valence-corrected chi connectivity index (χ3v) is 8.67. The van der Waals surface area contributed by atoms with Crippen molar-refractivity contribution in [2.75, 3.05) is 13.2 Å². The highest BCUT2D eigenvalue weighted by Gasteiger charge is 2.64. The fraction of sp³-hybridized carbons (Fsp3) is 0.720. The van der Waals surface area contributed by atoms with E-state index >= 15 is 0 Å². The van der Waals surface area contributed by atoms with Crippen molar-refractivity contribution in [1.82, 2.24) is 5.32 Å².